The van der Waals surface area contributed by atoms with Crippen LogP contribution in [0, 0.1) is 5.92 Å². The van der Waals surface area contributed by atoms with E-state index in [-0.39, 0.29) is 11.7 Å². The molecule has 0 radical (unpaired) electrons. The molecule has 2 aromatic carbocycles. The lowest BCUT2D eigenvalue weighted by molar-refractivity contribution is -0.275. The van der Waals surface area contributed by atoms with Crippen LogP contribution >= 0.6 is 0 Å². The van der Waals surface area contributed by atoms with Gasteiger partial charge in [-0.3, -0.25) is 0 Å². The van der Waals surface area contributed by atoms with Gasteiger partial charge in [0.05, 0.1) is 5.56 Å². The summed E-state index contributed by atoms with van der Waals surface area (Å²) in [4.78, 5) is 12.6. The molecule has 0 bridgehead atoms. The van der Waals surface area contributed by atoms with Crippen LogP contribution in [-0.2, 0) is 0 Å². The van der Waals surface area contributed by atoms with Gasteiger partial charge in [-0.2, -0.15) is 0 Å². The first kappa shape index (κ1) is 19.8. The van der Waals surface area contributed by atoms with Crippen molar-refractivity contribution in [1.82, 2.24) is 0 Å². The summed E-state index contributed by atoms with van der Waals surface area (Å²) in [7, 11) is 0. The zero-order chi connectivity index (χ0) is 19.3. The van der Waals surface area contributed by atoms with Crippen molar-refractivity contribution in [3.63, 3.8) is 0 Å². The van der Waals surface area contributed by atoms with Crippen molar-refractivity contribution in [3.05, 3.63) is 59.7 Å². The zero-order valence-corrected chi connectivity index (χ0v) is 14.8. The van der Waals surface area contributed by atoms with Crippen molar-refractivity contribution >= 4 is 5.97 Å². The molecule has 0 aliphatic rings. The average Bonchev–Trinajstić information content (AvgIpc) is 2.56. The lowest BCUT2D eigenvalue weighted by Crippen LogP contribution is -2.19. The minimum Gasteiger partial charge on any atom is -0.419 e. The van der Waals surface area contributed by atoms with E-state index in [1.807, 2.05) is 19.1 Å². The van der Waals surface area contributed by atoms with E-state index in [4.69, 9.17) is 4.74 Å². The van der Waals surface area contributed by atoms with Crippen molar-refractivity contribution < 1.29 is 27.4 Å². The summed E-state index contributed by atoms with van der Waals surface area (Å²) in [5.41, 5.74) is 1.17. The number of para-hydroxylation sites is 2. The van der Waals surface area contributed by atoms with E-state index in [1.54, 1.807) is 12.1 Å². The third-order valence-electron chi connectivity index (χ3n) is 4.10. The lowest BCUT2D eigenvalue weighted by Gasteiger charge is -2.22. The number of carbonyl (C=O) groups excluding carboxylic acids is 1. The Hall–Kier alpha value is -2.50. The van der Waals surface area contributed by atoms with Crippen LogP contribution in [0.4, 0.5) is 13.2 Å². The molecule has 2 aromatic rings. The maximum atomic E-state index is 12.6. The van der Waals surface area contributed by atoms with E-state index < -0.39 is 18.1 Å². The van der Waals surface area contributed by atoms with Crippen molar-refractivity contribution in [3.8, 4) is 11.5 Å². The Morgan fingerprint density at radius 1 is 1.00 bits per heavy atom. The highest BCUT2D eigenvalue weighted by Gasteiger charge is 2.33. The molecule has 0 heterocycles. The lowest BCUT2D eigenvalue weighted by atomic mass is 9.84. The molecular weight excluding hydrogens is 345 g/mol. The van der Waals surface area contributed by atoms with Gasteiger partial charge in [-0.05, 0) is 42.0 Å². The molecule has 140 valence electrons. The molecule has 3 nitrogen and oxygen atoms in total. The quantitative estimate of drug-likeness (QED) is 0.468. The smallest absolute Gasteiger partial charge is 0.419 e. The Bertz CT molecular complexity index is 754. The fourth-order valence-corrected chi connectivity index (χ4v) is 2.95. The van der Waals surface area contributed by atoms with Crippen LogP contribution in [-0.4, -0.2) is 12.3 Å². The Morgan fingerprint density at radius 2 is 1.58 bits per heavy atom. The van der Waals surface area contributed by atoms with Gasteiger partial charge < -0.3 is 9.47 Å². The summed E-state index contributed by atoms with van der Waals surface area (Å²) in [6, 6.07) is 12.2. The molecule has 26 heavy (non-hydrogen) atoms. The number of hydrogen-bond acceptors (Lipinski definition) is 3. The van der Waals surface area contributed by atoms with E-state index in [0.717, 1.165) is 18.1 Å². The van der Waals surface area contributed by atoms with E-state index in [2.05, 4.69) is 18.6 Å². The molecule has 0 N–H and O–H groups in total. The van der Waals surface area contributed by atoms with Crippen molar-refractivity contribution in [2.75, 3.05) is 0 Å². The highest BCUT2D eigenvalue weighted by molar-refractivity contribution is 5.93. The number of esters is 1. The maximum absolute atomic E-state index is 12.6. The molecule has 0 spiro atoms. The van der Waals surface area contributed by atoms with E-state index in [9.17, 15) is 18.0 Å². The standard InChI is InChI=1S/C20H21F3O3/c1-4-14(13(2)3)15-9-5-6-10-16(15)19(24)25-17-11-7-8-12-18(17)26-20(21,22)23/h5-14H,4H2,1-3H3. The fraction of sp³-hybridized carbons (Fsp3) is 0.350. The minimum absolute atomic E-state index is 0.139. The molecule has 0 fully saturated rings. The second-order valence-corrected chi connectivity index (χ2v) is 6.23. The molecule has 1 unspecified atom stereocenters. The third kappa shape index (κ3) is 5.00. The Labute approximate surface area is 150 Å². The molecule has 0 aliphatic heterocycles. The average molecular weight is 366 g/mol. The van der Waals surface area contributed by atoms with Gasteiger partial charge in [-0.25, -0.2) is 4.79 Å². The number of rotatable bonds is 6. The van der Waals surface area contributed by atoms with Gasteiger partial charge in [-0.1, -0.05) is 51.1 Å². The normalized spacial score (nSPS) is 12.7. The highest BCUT2D eigenvalue weighted by Crippen LogP contribution is 2.34. The maximum Gasteiger partial charge on any atom is 0.573 e. The molecule has 2 rings (SSSR count). The Morgan fingerprint density at radius 3 is 2.15 bits per heavy atom. The van der Waals surface area contributed by atoms with Gasteiger partial charge in [0.25, 0.3) is 0 Å². The van der Waals surface area contributed by atoms with E-state index >= 15 is 0 Å². The molecule has 6 heteroatoms. The first-order valence-corrected chi connectivity index (χ1v) is 8.38. The number of carbonyl (C=O) groups is 1. The second-order valence-electron chi connectivity index (χ2n) is 6.23. The first-order valence-electron chi connectivity index (χ1n) is 8.38. The van der Waals surface area contributed by atoms with Gasteiger partial charge in [0, 0.05) is 0 Å². The molecular formula is C20H21F3O3. The summed E-state index contributed by atoms with van der Waals surface area (Å²) in [6.07, 6.45) is -4.04. The summed E-state index contributed by atoms with van der Waals surface area (Å²) >= 11 is 0. The third-order valence-corrected chi connectivity index (χ3v) is 4.10. The minimum atomic E-state index is -4.87. The molecule has 1 atom stereocenters. The Kier molecular flexibility index (Phi) is 6.29. The van der Waals surface area contributed by atoms with Crippen molar-refractivity contribution in [1.29, 1.82) is 0 Å². The van der Waals surface area contributed by atoms with Gasteiger partial charge >= 0.3 is 12.3 Å². The number of halogens is 3. The van der Waals surface area contributed by atoms with Crippen LogP contribution < -0.4 is 9.47 Å². The highest BCUT2D eigenvalue weighted by atomic mass is 19.4. The second kappa shape index (κ2) is 8.25. The van der Waals surface area contributed by atoms with Gasteiger partial charge in [0.2, 0.25) is 0 Å². The van der Waals surface area contributed by atoms with Crippen LogP contribution in [0.25, 0.3) is 0 Å². The first-order chi connectivity index (χ1) is 12.2. The molecule has 0 aromatic heterocycles. The molecule has 0 saturated heterocycles. The molecule has 0 saturated carbocycles. The van der Waals surface area contributed by atoms with Crippen molar-refractivity contribution in [2.24, 2.45) is 5.92 Å². The van der Waals surface area contributed by atoms with Gasteiger partial charge in [-0.15, -0.1) is 13.2 Å². The van der Waals surface area contributed by atoms with Crippen molar-refractivity contribution in [2.45, 2.75) is 39.5 Å². The number of ether oxygens (including phenoxy) is 2. The van der Waals surface area contributed by atoms with Gasteiger partial charge in [0.15, 0.2) is 11.5 Å². The van der Waals surface area contributed by atoms with Crippen LogP contribution in [0.15, 0.2) is 48.5 Å². The summed E-state index contributed by atoms with van der Waals surface area (Å²) in [5, 5.41) is 0. The van der Waals surface area contributed by atoms with Crippen LogP contribution in [0.2, 0.25) is 0 Å². The number of benzene rings is 2. The van der Waals surface area contributed by atoms with Crippen LogP contribution in [0.5, 0.6) is 11.5 Å². The SMILES string of the molecule is CCC(c1ccccc1C(=O)Oc1ccccc1OC(F)(F)F)C(C)C. The van der Waals surface area contributed by atoms with E-state index in [1.165, 1.54) is 18.2 Å². The molecule has 0 amide bonds. The predicted molar refractivity (Wildman–Crippen MR) is 92.4 cm³/mol. The summed E-state index contributed by atoms with van der Waals surface area (Å²) in [6.45, 7) is 6.14. The van der Waals surface area contributed by atoms with Crippen LogP contribution in [0.1, 0.15) is 49.0 Å². The van der Waals surface area contributed by atoms with E-state index in [0.29, 0.717) is 11.5 Å². The summed E-state index contributed by atoms with van der Waals surface area (Å²) < 4.78 is 46.7. The number of alkyl halides is 3. The fourth-order valence-electron chi connectivity index (χ4n) is 2.95. The monoisotopic (exact) mass is 366 g/mol. The largest absolute Gasteiger partial charge is 0.573 e. The zero-order valence-electron chi connectivity index (χ0n) is 14.8. The topological polar surface area (TPSA) is 35.5 Å². The van der Waals surface area contributed by atoms with Crippen LogP contribution in [0.3, 0.4) is 0 Å². The summed E-state index contributed by atoms with van der Waals surface area (Å²) in [5.74, 6) is -1.10. The Balaban J connectivity index is 2.33. The molecule has 0 aliphatic carbocycles. The van der Waals surface area contributed by atoms with Gasteiger partial charge in [0.1, 0.15) is 0 Å². The predicted octanol–water partition coefficient (Wildman–Crippen LogP) is 5.95. The number of hydrogen-bond donors (Lipinski definition) is 0.